The van der Waals surface area contributed by atoms with Crippen molar-refractivity contribution in [3.8, 4) is 22.3 Å². The molecule has 0 saturated heterocycles. The molecule has 0 bridgehead atoms. The first-order valence-corrected chi connectivity index (χ1v) is 12.1. The van der Waals surface area contributed by atoms with Crippen molar-refractivity contribution in [3.63, 3.8) is 0 Å². The van der Waals surface area contributed by atoms with Crippen LogP contribution < -0.4 is 0 Å². The highest BCUT2D eigenvalue weighted by Gasteiger charge is 2.09. The lowest BCUT2D eigenvalue weighted by molar-refractivity contribution is -0.110. The van der Waals surface area contributed by atoms with Crippen LogP contribution in [0.2, 0.25) is 0 Å². The van der Waals surface area contributed by atoms with E-state index in [0.29, 0.717) is 23.3 Å². The van der Waals surface area contributed by atoms with Crippen LogP contribution in [0.15, 0.2) is 94.7 Å². The molecule has 0 aliphatic heterocycles. The summed E-state index contributed by atoms with van der Waals surface area (Å²) in [4.78, 5) is 14.1. The van der Waals surface area contributed by atoms with Crippen LogP contribution in [0, 0.1) is 23.3 Å². The number of carbonyl (C=O) groups excluding carboxylic acids is 1. The molecule has 0 heterocycles. The van der Waals surface area contributed by atoms with E-state index in [1.54, 1.807) is 24.3 Å². The Balaban J connectivity index is 1.27. The predicted octanol–water partition coefficient (Wildman–Crippen LogP) is 8.38. The maximum Gasteiger partial charge on any atom is 0.194 e. The number of carbonyl (C=O) groups is 1. The van der Waals surface area contributed by atoms with Gasteiger partial charge in [-0.25, -0.2) is 17.6 Å². The van der Waals surface area contributed by atoms with Crippen LogP contribution in [-0.2, 0) is 4.79 Å². The van der Waals surface area contributed by atoms with E-state index in [1.807, 2.05) is 24.3 Å². The molecule has 0 aliphatic rings. The van der Waals surface area contributed by atoms with Gasteiger partial charge in [-0.1, -0.05) is 48.2 Å². The summed E-state index contributed by atoms with van der Waals surface area (Å²) in [6.45, 7) is 0. The minimum atomic E-state index is -0.900. The first-order valence-electron chi connectivity index (χ1n) is 10.3. The second-order valence-corrected chi connectivity index (χ2v) is 9.68. The number of halogens is 4. The SMILES string of the molecule is O=C(CCSc1ccc(-c2ccc(F)c(F)c2)cc1)Sc1ccc(-c2ccc(F)c(F)c2)cc1. The van der Waals surface area contributed by atoms with E-state index in [4.69, 9.17) is 0 Å². The maximum absolute atomic E-state index is 13.4. The highest BCUT2D eigenvalue weighted by Crippen LogP contribution is 2.29. The molecule has 0 saturated carbocycles. The molecule has 0 fully saturated rings. The smallest absolute Gasteiger partial charge is 0.194 e. The van der Waals surface area contributed by atoms with E-state index >= 15 is 0 Å². The zero-order valence-electron chi connectivity index (χ0n) is 17.7. The average molecular weight is 499 g/mol. The summed E-state index contributed by atoms with van der Waals surface area (Å²) in [5, 5.41) is 0.0199. The standard InChI is InChI=1S/C27H18F4OS2/c28-23-11-5-19(15-25(23)30)17-1-7-21(8-2-17)33-14-13-27(32)34-22-9-3-18(4-10-22)20-6-12-24(29)26(31)16-20/h1-12,15-16H,13-14H2. The molecular weight excluding hydrogens is 480 g/mol. The maximum atomic E-state index is 13.4. The van der Waals surface area contributed by atoms with Crippen molar-refractivity contribution < 1.29 is 22.4 Å². The average Bonchev–Trinajstić information content (AvgIpc) is 2.83. The van der Waals surface area contributed by atoms with E-state index in [0.717, 1.165) is 56.9 Å². The van der Waals surface area contributed by atoms with E-state index in [1.165, 1.54) is 23.9 Å². The van der Waals surface area contributed by atoms with Gasteiger partial charge in [0.25, 0.3) is 0 Å². The third-order valence-electron chi connectivity index (χ3n) is 5.02. The Labute approximate surface area is 203 Å². The minimum Gasteiger partial charge on any atom is -0.287 e. The second-order valence-electron chi connectivity index (χ2n) is 7.38. The lowest BCUT2D eigenvalue weighted by Gasteiger charge is -2.06. The van der Waals surface area contributed by atoms with Crippen LogP contribution >= 0.6 is 23.5 Å². The number of rotatable bonds is 7. The molecule has 0 atom stereocenters. The molecule has 0 amide bonds. The first kappa shape index (κ1) is 24.1. The number of hydrogen-bond acceptors (Lipinski definition) is 3. The normalized spacial score (nSPS) is 10.9. The van der Waals surface area contributed by atoms with Crippen LogP contribution in [0.5, 0.6) is 0 Å². The van der Waals surface area contributed by atoms with Crippen molar-refractivity contribution >= 4 is 28.6 Å². The van der Waals surface area contributed by atoms with Crippen molar-refractivity contribution in [2.24, 2.45) is 0 Å². The quantitative estimate of drug-likeness (QED) is 0.188. The Kier molecular flexibility index (Phi) is 7.75. The summed E-state index contributed by atoms with van der Waals surface area (Å²) in [7, 11) is 0. The summed E-state index contributed by atoms with van der Waals surface area (Å²) in [5.74, 6) is -2.95. The first-order chi connectivity index (χ1) is 16.4. The highest BCUT2D eigenvalue weighted by atomic mass is 32.2. The molecule has 1 nitrogen and oxygen atoms in total. The number of thioether (sulfide) groups is 2. The molecule has 0 aliphatic carbocycles. The Morgan fingerprint density at radius 2 is 1.00 bits per heavy atom. The fraction of sp³-hybridized carbons (Fsp3) is 0.0741. The summed E-state index contributed by atoms with van der Waals surface area (Å²) in [5.41, 5.74) is 2.67. The van der Waals surface area contributed by atoms with Gasteiger partial charge in [-0.3, -0.25) is 4.79 Å². The molecule has 172 valence electrons. The summed E-state index contributed by atoms with van der Waals surface area (Å²) in [6, 6.07) is 22.1. The van der Waals surface area contributed by atoms with Gasteiger partial charge in [-0.2, -0.15) is 0 Å². The van der Waals surface area contributed by atoms with Gasteiger partial charge in [0.05, 0.1) is 0 Å². The van der Waals surface area contributed by atoms with Crippen molar-refractivity contribution in [1.82, 2.24) is 0 Å². The fourth-order valence-electron chi connectivity index (χ4n) is 3.25. The van der Waals surface area contributed by atoms with Gasteiger partial charge >= 0.3 is 0 Å². The molecule has 0 spiro atoms. The van der Waals surface area contributed by atoms with Crippen LogP contribution in [0.3, 0.4) is 0 Å². The van der Waals surface area contributed by atoms with Crippen molar-refractivity contribution in [2.45, 2.75) is 16.2 Å². The molecule has 4 aromatic carbocycles. The Morgan fingerprint density at radius 1 is 0.559 bits per heavy atom. The van der Waals surface area contributed by atoms with Gasteiger partial charge in [0.2, 0.25) is 0 Å². The van der Waals surface area contributed by atoms with Crippen LogP contribution in [-0.4, -0.2) is 10.9 Å². The predicted molar refractivity (Wildman–Crippen MR) is 130 cm³/mol. The van der Waals surface area contributed by atoms with Gasteiger partial charge in [0.15, 0.2) is 28.4 Å². The summed E-state index contributed by atoms with van der Waals surface area (Å²) < 4.78 is 53.1. The molecule has 34 heavy (non-hydrogen) atoms. The van der Waals surface area contributed by atoms with Gasteiger partial charge < -0.3 is 0 Å². The van der Waals surface area contributed by atoms with E-state index in [2.05, 4.69) is 0 Å². The zero-order chi connectivity index (χ0) is 24.1. The van der Waals surface area contributed by atoms with Crippen LogP contribution in [0.25, 0.3) is 22.3 Å². The zero-order valence-corrected chi connectivity index (χ0v) is 19.4. The van der Waals surface area contributed by atoms with Crippen molar-refractivity contribution in [2.75, 3.05) is 5.75 Å². The number of hydrogen-bond donors (Lipinski definition) is 0. The molecule has 0 radical (unpaired) electrons. The lowest BCUT2D eigenvalue weighted by Crippen LogP contribution is -1.94. The minimum absolute atomic E-state index is 0.0199. The largest absolute Gasteiger partial charge is 0.287 e. The summed E-state index contributed by atoms with van der Waals surface area (Å²) in [6.07, 6.45) is 0.366. The molecule has 4 aromatic rings. The molecule has 0 unspecified atom stereocenters. The molecule has 7 heteroatoms. The monoisotopic (exact) mass is 498 g/mol. The third kappa shape index (κ3) is 6.10. The molecule has 0 N–H and O–H groups in total. The van der Waals surface area contributed by atoms with Gasteiger partial charge in [-0.05, 0) is 70.8 Å². The van der Waals surface area contributed by atoms with Crippen LogP contribution in [0.1, 0.15) is 6.42 Å². The van der Waals surface area contributed by atoms with E-state index in [9.17, 15) is 22.4 Å². The highest BCUT2D eigenvalue weighted by molar-refractivity contribution is 8.13. The third-order valence-corrected chi connectivity index (χ3v) is 6.97. The Morgan fingerprint density at radius 3 is 1.47 bits per heavy atom. The van der Waals surface area contributed by atoms with Crippen molar-refractivity contribution in [1.29, 1.82) is 0 Å². The lowest BCUT2D eigenvalue weighted by atomic mass is 10.1. The summed E-state index contributed by atoms with van der Waals surface area (Å²) >= 11 is 2.67. The van der Waals surface area contributed by atoms with Gasteiger partial charge in [-0.15, -0.1) is 11.8 Å². The van der Waals surface area contributed by atoms with Crippen molar-refractivity contribution in [3.05, 3.63) is 108 Å². The Hall–Kier alpha value is -3.03. The topological polar surface area (TPSA) is 17.1 Å². The van der Waals surface area contributed by atoms with Gasteiger partial charge in [0, 0.05) is 22.0 Å². The van der Waals surface area contributed by atoms with E-state index < -0.39 is 23.3 Å². The molecule has 4 rings (SSSR count). The van der Waals surface area contributed by atoms with Crippen LogP contribution in [0.4, 0.5) is 17.6 Å². The molecular formula is C27H18F4OS2. The molecule has 0 aromatic heterocycles. The Bertz CT molecular complexity index is 1310. The fourth-order valence-corrected chi connectivity index (χ4v) is 4.97. The number of benzene rings is 4. The van der Waals surface area contributed by atoms with Gasteiger partial charge in [0.1, 0.15) is 0 Å². The second kappa shape index (κ2) is 10.9. The van der Waals surface area contributed by atoms with E-state index in [-0.39, 0.29) is 5.12 Å².